The highest BCUT2D eigenvalue weighted by atomic mass is 19.3. The third-order valence-electron chi connectivity index (χ3n) is 3.14. The molecule has 72 valence electrons. The van der Waals surface area contributed by atoms with Crippen LogP contribution in [0.25, 0.3) is 0 Å². The Balaban J connectivity index is 2.55. The van der Waals surface area contributed by atoms with E-state index in [-0.39, 0.29) is 18.4 Å². The van der Waals surface area contributed by atoms with Gasteiger partial charge in [0.25, 0.3) is 0 Å². The lowest BCUT2D eigenvalue weighted by Crippen LogP contribution is -2.46. The van der Waals surface area contributed by atoms with Crippen molar-refractivity contribution in [1.82, 2.24) is 4.90 Å². The SMILES string of the molecule is CN(C)C1(C)CCC(F)(F)CC1. The van der Waals surface area contributed by atoms with Crippen LogP contribution < -0.4 is 0 Å². The van der Waals surface area contributed by atoms with Gasteiger partial charge >= 0.3 is 0 Å². The van der Waals surface area contributed by atoms with Crippen LogP contribution in [0.3, 0.4) is 0 Å². The third-order valence-corrected chi connectivity index (χ3v) is 3.14. The molecule has 1 nitrogen and oxygen atoms in total. The molecule has 1 fully saturated rings. The minimum atomic E-state index is -2.41. The van der Waals surface area contributed by atoms with E-state index in [1.165, 1.54) is 0 Å². The summed E-state index contributed by atoms with van der Waals surface area (Å²) in [5.74, 6) is -2.41. The van der Waals surface area contributed by atoms with Crippen LogP contribution >= 0.6 is 0 Å². The second-order valence-corrected chi connectivity index (χ2v) is 4.25. The van der Waals surface area contributed by atoms with Crippen molar-refractivity contribution in [3.8, 4) is 0 Å². The summed E-state index contributed by atoms with van der Waals surface area (Å²) in [6, 6.07) is 0. The van der Waals surface area contributed by atoms with Crippen LogP contribution in [-0.2, 0) is 0 Å². The maximum atomic E-state index is 12.8. The van der Waals surface area contributed by atoms with Crippen LogP contribution in [0.4, 0.5) is 8.78 Å². The van der Waals surface area contributed by atoms with Gasteiger partial charge in [0, 0.05) is 18.4 Å². The van der Waals surface area contributed by atoms with Crippen molar-refractivity contribution in [3.05, 3.63) is 0 Å². The highest BCUT2D eigenvalue weighted by molar-refractivity contribution is 4.91. The fourth-order valence-corrected chi connectivity index (χ4v) is 1.60. The molecule has 0 N–H and O–H groups in total. The molecule has 1 aliphatic rings. The van der Waals surface area contributed by atoms with E-state index < -0.39 is 5.92 Å². The Bertz CT molecular complexity index is 156. The second-order valence-electron chi connectivity index (χ2n) is 4.25. The average Bonchev–Trinajstić information content (AvgIpc) is 1.96. The van der Waals surface area contributed by atoms with Crippen LogP contribution in [0.2, 0.25) is 0 Å². The molecule has 1 rings (SSSR count). The maximum absolute atomic E-state index is 12.8. The minimum absolute atomic E-state index is 0.0122. The molecule has 12 heavy (non-hydrogen) atoms. The Morgan fingerprint density at radius 2 is 1.42 bits per heavy atom. The number of rotatable bonds is 1. The first-order valence-corrected chi connectivity index (χ1v) is 4.41. The van der Waals surface area contributed by atoms with Crippen molar-refractivity contribution in [2.75, 3.05) is 14.1 Å². The van der Waals surface area contributed by atoms with Gasteiger partial charge in [-0.25, -0.2) is 8.78 Å². The Morgan fingerprint density at radius 3 is 1.75 bits per heavy atom. The lowest BCUT2D eigenvalue weighted by Gasteiger charge is -2.42. The number of alkyl halides is 2. The van der Waals surface area contributed by atoms with Crippen molar-refractivity contribution in [2.24, 2.45) is 0 Å². The van der Waals surface area contributed by atoms with E-state index in [1.54, 1.807) is 0 Å². The zero-order chi connectivity index (χ0) is 9.41. The molecule has 0 heterocycles. The molecular formula is C9H17F2N. The van der Waals surface area contributed by atoms with Crippen molar-refractivity contribution in [3.63, 3.8) is 0 Å². The van der Waals surface area contributed by atoms with Crippen LogP contribution in [0.5, 0.6) is 0 Å². The van der Waals surface area contributed by atoms with Crippen LogP contribution in [0.15, 0.2) is 0 Å². The standard InChI is InChI=1S/C9H17F2N/c1-8(12(2)3)4-6-9(10,11)7-5-8/h4-7H2,1-3H3. The summed E-state index contributed by atoms with van der Waals surface area (Å²) in [5.41, 5.74) is -0.0122. The number of hydrogen-bond donors (Lipinski definition) is 0. The molecule has 0 aromatic rings. The summed E-state index contributed by atoms with van der Waals surface area (Å²) in [6.07, 6.45) is 1.30. The minimum Gasteiger partial charge on any atom is -0.304 e. The van der Waals surface area contributed by atoms with Gasteiger partial charge in [-0.3, -0.25) is 0 Å². The quantitative estimate of drug-likeness (QED) is 0.595. The van der Waals surface area contributed by atoms with Gasteiger partial charge in [-0.15, -0.1) is 0 Å². The zero-order valence-electron chi connectivity index (χ0n) is 8.03. The highest BCUT2D eigenvalue weighted by Gasteiger charge is 2.41. The average molecular weight is 177 g/mol. The van der Waals surface area contributed by atoms with Crippen LogP contribution in [-0.4, -0.2) is 30.5 Å². The van der Waals surface area contributed by atoms with Gasteiger partial charge in [0.1, 0.15) is 0 Å². The monoisotopic (exact) mass is 177 g/mol. The molecule has 0 atom stereocenters. The second kappa shape index (κ2) is 2.95. The fraction of sp³-hybridized carbons (Fsp3) is 1.00. The van der Waals surface area contributed by atoms with Crippen LogP contribution in [0.1, 0.15) is 32.6 Å². The molecule has 0 unspecified atom stereocenters. The van der Waals surface area contributed by atoms with Gasteiger partial charge in [0.2, 0.25) is 5.92 Å². The van der Waals surface area contributed by atoms with E-state index in [9.17, 15) is 8.78 Å². The molecule has 0 aromatic heterocycles. The molecule has 0 amide bonds. The normalized spacial score (nSPS) is 27.5. The molecule has 1 saturated carbocycles. The summed E-state index contributed by atoms with van der Waals surface area (Å²) in [5, 5.41) is 0. The van der Waals surface area contributed by atoms with Gasteiger partial charge in [-0.05, 0) is 33.9 Å². The summed E-state index contributed by atoms with van der Waals surface area (Å²) in [6.45, 7) is 2.06. The largest absolute Gasteiger partial charge is 0.304 e. The van der Waals surface area contributed by atoms with Crippen molar-refractivity contribution in [2.45, 2.75) is 44.1 Å². The molecular weight excluding hydrogens is 160 g/mol. The molecule has 0 radical (unpaired) electrons. The summed E-state index contributed by atoms with van der Waals surface area (Å²) >= 11 is 0. The van der Waals surface area contributed by atoms with Gasteiger partial charge in [-0.2, -0.15) is 0 Å². The van der Waals surface area contributed by atoms with Crippen molar-refractivity contribution < 1.29 is 8.78 Å². The maximum Gasteiger partial charge on any atom is 0.248 e. The Kier molecular flexibility index (Phi) is 2.43. The molecule has 3 heteroatoms. The van der Waals surface area contributed by atoms with Crippen LogP contribution in [0, 0.1) is 0 Å². The first-order valence-electron chi connectivity index (χ1n) is 4.41. The number of nitrogens with zero attached hydrogens (tertiary/aromatic N) is 1. The number of hydrogen-bond acceptors (Lipinski definition) is 1. The van der Waals surface area contributed by atoms with E-state index >= 15 is 0 Å². The van der Waals surface area contributed by atoms with E-state index in [2.05, 4.69) is 11.8 Å². The van der Waals surface area contributed by atoms with Crippen molar-refractivity contribution in [1.29, 1.82) is 0 Å². The smallest absolute Gasteiger partial charge is 0.248 e. The number of halogens is 2. The van der Waals surface area contributed by atoms with E-state index in [1.807, 2.05) is 14.1 Å². The van der Waals surface area contributed by atoms with E-state index in [0.29, 0.717) is 12.8 Å². The third kappa shape index (κ3) is 1.94. The Labute approximate surface area is 72.7 Å². The fourth-order valence-electron chi connectivity index (χ4n) is 1.60. The summed E-state index contributed by atoms with van der Waals surface area (Å²) in [7, 11) is 3.92. The lowest BCUT2D eigenvalue weighted by molar-refractivity contribution is -0.0693. The van der Waals surface area contributed by atoms with Gasteiger partial charge in [0.05, 0.1) is 0 Å². The molecule has 0 aromatic carbocycles. The first-order chi connectivity index (χ1) is 5.36. The van der Waals surface area contributed by atoms with Gasteiger partial charge in [0.15, 0.2) is 0 Å². The van der Waals surface area contributed by atoms with Gasteiger partial charge in [-0.1, -0.05) is 0 Å². The summed E-state index contributed by atoms with van der Waals surface area (Å²) in [4.78, 5) is 2.06. The predicted molar refractivity (Wildman–Crippen MR) is 45.5 cm³/mol. The topological polar surface area (TPSA) is 3.24 Å². The highest BCUT2D eigenvalue weighted by Crippen LogP contribution is 2.40. The molecule has 1 aliphatic carbocycles. The molecule has 0 bridgehead atoms. The van der Waals surface area contributed by atoms with Crippen molar-refractivity contribution >= 4 is 0 Å². The lowest BCUT2D eigenvalue weighted by atomic mass is 9.80. The summed E-state index contributed by atoms with van der Waals surface area (Å²) < 4.78 is 25.6. The van der Waals surface area contributed by atoms with Gasteiger partial charge < -0.3 is 4.90 Å². The van der Waals surface area contributed by atoms with E-state index in [0.717, 1.165) is 0 Å². The Morgan fingerprint density at radius 1 is 1.00 bits per heavy atom. The molecule has 0 aliphatic heterocycles. The predicted octanol–water partition coefficient (Wildman–Crippen LogP) is 2.52. The first kappa shape index (κ1) is 9.90. The molecule has 0 saturated heterocycles. The van der Waals surface area contributed by atoms with E-state index in [4.69, 9.17) is 0 Å². The Hall–Kier alpha value is -0.180. The zero-order valence-corrected chi connectivity index (χ0v) is 8.03. The molecule has 0 spiro atoms.